The van der Waals surface area contributed by atoms with Crippen LogP contribution in [0, 0.1) is 11.3 Å². The van der Waals surface area contributed by atoms with Crippen LogP contribution in [-0.4, -0.2) is 108 Å². The van der Waals surface area contributed by atoms with E-state index in [9.17, 15) is 27.9 Å². The number of aromatic nitrogens is 4. The average molecular weight is 798 g/mol. The molecule has 12 nitrogen and oxygen atoms in total. The number of nitrogens with zero attached hydrogens (tertiary/aromatic N) is 5. The van der Waals surface area contributed by atoms with Crippen molar-refractivity contribution in [3.8, 4) is 11.7 Å². The summed E-state index contributed by atoms with van der Waals surface area (Å²) in [6.07, 6.45) is -1.82. The van der Waals surface area contributed by atoms with Gasteiger partial charge in [-0.15, -0.1) is 5.10 Å². The summed E-state index contributed by atoms with van der Waals surface area (Å²) in [6, 6.07) is 9.67. The van der Waals surface area contributed by atoms with Crippen molar-refractivity contribution in [3.63, 3.8) is 0 Å². The lowest BCUT2D eigenvalue weighted by Crippen LogP contribution is -2.59. The van der Waals surface area contributed by atoms with Crippen LogP contribution in [0.25, 0.3) is 5.82 Å². The number of pyridine rings is 2. The Morgan fingerprint density at radius 3 is 2.44 bits per heavy atom. The molecule has 3 aromatic rings. The van der Waals surface area contributed by atoms with E-state index >= 15 is 0 Å². The lowest BCUT2D eigenvalue weighted by atomic mass is 9.38. The van der Waals surface area contributed by atoms with Gasteiger partial charge in [0.2, 0.25) is 5.88 Å². The van der Waals surface area contributed by atoms with Crippen LogP contribution in [0.15, 0.2) is 47.6 Å². The van der Waals surface area contributed by atoms with E-state index in [1.165, 1.54) is 29.1 Å². The van der Waals surface area contributed by atoms with Crippen LogP contribution in [0.4, 0.5) is 23.8 Å². The molecule has 0 bridgehead atoms. The van der Waals surface area contributed by atoms with Gasteiger partial charge in [-0.3, -0.25) is 9.52 Å². The normalized spacial score (nSPS) is 19.0. The van der Waals surface area contributed by atoms with Crippen LogP contribution in [0.2, 0.25) is 10.4 Å². The van der Waals surface area contributed by atoms with Gasteiger partial charge in [-0.05, 0) is 102 Å². The molecule has 4 heterocycles. The first-order chi connectivity index (χ1) is 25.4. The minimum atomic E-state index is -4.82. The second-order valence-electron chi connectivity index (χ2n) is 15.7. The van der Waals surface area contributed by atoms with Crippen molar-refractivity contribution in [2.24, 2.45) is 11.3 Å². The van der Waals surface area contributed by atoms with Gasteiger partial charge >= 0.3 is 12.3 Å². The topological polar surface area (TPSA) is 144 Å². The summed E-state index contributed by atoms with van der Waals surface area (Å²) in [5.74, 6) is 0.568. The number of hydrogen-bond donors (Lipinski definition) is 3. The monoisotopic (exact) mass is 797 g/mol. The molecule has 2 fully saturated rings. The molecule has 2 amide bonds. The second-order valence-corrected chi connectivity index (χ2v) is 16.9. The molecule has 1 saturated carbocycles. The van der Waals surface area contributed by atoms with Gasteiger partial charge in [-0.25, -0.2) is 19.4 Å². The van der Waals surface area contributed by atoms with E-state index in [0.717, 1.165) is 31.2 Å². The lowest BCUT2D eigenvalue weighted by Gasteiger charge is -2.47. The fraction of sp³-hybridized carbons (Fsp3) is 0.571. The van der Waals surface area contributed by atoms with E-state index in [1.54, 1.807) is 6.07 Å². The second kappa shape index (κ2) is 15.8. The first kappa shape index (κ1) is 42.6. The largest absolute Gasteiger partial charge is 0.477 e. The Kier molecular flexibility index (Phi) is 12.2. The molecule has 20 heteroatoms. The SMILES string of the molecule is [B]C([B])(COc1ccn(-c2ccc(C(=O)NSc3cccc(NCCCC4CN(C(=O)OC(C)(C)C)C(C)(C)C4)n3)c(Cl)n2)n1)C([B])(O)C1(C(F)(F)F)CC1. The van der Waals surface area contributed by atoms with Gasteiger partial charge in [-0.1, -0.05) is 17.7 Å². The highest BCUT2D eigenvalue weighted by atomic mass is 35.5. The molecular formula is C35H42B3ClF3N7O5S. The van der Waals surface area contributed by atoms with Gasteiger partial charge in [0.1, 0.15) is 29.4 Å². The van der Waals surface area contributed by atoms with Crippen LogP contribution >= 0.6 is 23.5 Å². The van der Waals surface area contributed by atoms with E-state index in [-0.39, 0.29) is 34.0 Å². The van der Waals surface area contributed by atoms with Crippen LogP contribution in [0.1, 0.15) is 77.1 Å². The molecule has 6 radical (unpaired) electrons. The van der Waals surface area contributed by atoms with Crippen molar-refractivity contribution in [2.45, 2.75) is 99.8 Å². The van der Waals surface area contributed by atoms with Crippen molar-refractivity contribution >= 4 is 64.9 Å². The fourth-order valence-electron chi connectivity index (χ4n) is 6.54. The standard InChI is InChI=1S/C35H42B3ClF3N7O5S/c1-30(2,3)54-29(51)48-19-21(18-31(48,4)5)8-7-16-43-23-9-6-10-26(44-23)55-47-28(50)22-11-12-24(45-27(22)39)49-17-13-25(46-49)53-20-33(36,37)34(38,52)32(14-15-32)35(40,41)42/h6,9-13,17,21,52H,7-8,14-16,18-20H2,1-5H3,(H,43,44)(H,47,50). The van der Waals surface area contributed by atoms with E-state index < -0.39 is 53.3 Å². The maximum atomic E-state index is 13.6. The molecule has 3 aromatic heterocycles. The summed E-state index contributed by atoms with van der Waals surface area (Å²) in [7, 11) is 17.4. The summed E-state index contributed by atoms with van der Waals surface area (Å²) < 4.78 is 55.8. The van der Waals surface area contributed by atoms with Gasteiger partial charge in [-0.2, -0.15) is 13.2 Å². The lowest BCUT2D eigenvalue weighted by molar-refractivity contribution is -0.227. The molecular weight excluding hydrogens is 755 g/mol. The number of likely N-dealkylation sites (tertiary alicyclic amines) is 1. The zero-order valence-electron chi connectivity index (χ0n) is 31.2. The van der Waals surface area contributed by atoms with Gasteiger partial charge in [0.25, 0.3) is 5.91 Å². The third kappa shape index (κ3) is 9.70. The molecule has 1 aliphatic carbocycles. The summed E-state index contributed by atoms with van der Waals surface area (Å²) in [6.45, 7) is 10.3. The number of rotatable bonds is 14. The van der Waals surface area contributed by atoms with Crippen LogP contribution in [0.5, 0.6) is 5.88 Å². The van der Waals surface area contributed by atoms with Gasteiger partial charge in [0, 0.05) is 48.3 Å². The average Bonchev–Trinajstić information content (AvgIpc) is 3.70. The van der Waals surface area contributed by atoms with Gasteiger partial charge < -0.3 is 24.8 Å². The highest BCUT2D eigenvalue weighted by Crippen LogP contribution is 2.67. The molecule has 0 aromatic carbocycles. The Morgan fingerprint density at radius 2 is 1.80 bits per heavy atom. The molecule has 55 heavy (non-hydrogen) atoms. The Balaban J connectivity index is 1.08. The summed E-state index contributed by atoms with van der Waals surface area (Å²) in [5, 5.41) is 16.0. The van der Waals surface area contributed by atoms with Crippen LogP contribution in [-0.2, 0) is 4.74 Å². The van der Waals surface area contributed by atoms with Crippen molar-refractivity contribution < 1.29 is 37.3 Å². The molecule has 2 unspecified atom stereocenters. The summed E-state index contributed by atoms with van der Waals surface area (Å²) in [4.78, 5) is 36.3. The van der Waals surface area contributed by atoms with Crippen molar-refractivity contribution in [1.82, 2.24) is 29.4 Å². The number of amides is 2. The number of halogens is 4. The predicted molar refractivity (Wildman–Crippen MR) is 205 cm³/mol. The van der Waals surface area contributed by atoms with Crippen molar-refractivity contribution in [1.29, 1.82) is 0 Å². The molecule has 1 aliphatic heterocycles. The maximum Gasteiger partial charge on any atom is 0.410 e. The highest BCUT2D eigenvalue weighted by Gasteiger charge is 2.74. The number of aliphatic hydroxyl groups is 1. The number of alkyl halides is 3. The third-order valence-corrected chi connectivity index (χ3v) is 10.7. The highest BCUT2D eigenvalue weighted by molar-refractivity contribution is 7.97. The third-order valence-electron chi connectivity index (χ3n) is 9.71. The molecule has 0 spiro atoms. The smallest absolute Gasteiger partial charge is 0.410 e. The Hall–Kier alpha value is -3.57. The maximum absolute atomic E-state index is 13.6. The molecule has 1 saturated heterocycles. The zero-order chi connectivity index (χ0) is 40.6. The quantitative estimate of drug-likeness (QED) is 0.0768. The van der Waals surface area contributed by atoms with Crippen LogP contribution < -0.4 is 14.8 Å². The fourth-order valence-corrected chi connectivity index (χ4v) is 7.37. The number of anilines is 1. The zero-order valence-corrected chi connectivity index (χ0v) is 32.8. The van der Waals surface area contributed by atoms with Crippen LogP contribution in [0.3, 0.4) is 0 Å². The number of nitrogens with one attached hydrogen (secondary N) is 2. The summed E-state index contributed by atoms with van der Waals surface area (Å²) in [5.41, 5.74) is -6.40. The minimum absolute atomic E-state index is 0.0769. The minimum Gasteiger partial charge on any atom is -0.477 e. The first-order valence-corrected chi connectivity index (χ1v) is 18.8. The van der Waals surface area contributed by atoms with Crippen molar-refractivity contribution in [2.75, 3.05) is 25.0 Å². The molecule has 3 N–H and O–H groups in total. The Labute approximate surface area is 331 Å². The Morgan fingerprint density at radius 1 is 1.09 bits per heavy atom. The number of hydrogen-bond acceptors (Lipinski definition) is 10. The van der Waals surface area contributed by atoms with E-state index in [4.69, 9.17) is 44.6 Å². The van der Waals surface area contributed by atoms with E-state index in [2.05, 4.69) is 39.0 Å². The van der Waals surface area contributed by atoms with E-state index in [0.29, 0.717) is 29.9 Å². The van der Waals surface area contributed by atoms with E-state index in [1.807, 2.05) is 37.8 Å². The predicted octanol–water partition coefficient (Wildman–Crippen LogP) is 6.01. The number of carbonyl (C=O) groups excluding carboxylic acids is 2. The summed E-state index contributed by atoms with van der Waals surface area (Å²) >= 11 is 7.36. The molecule has 2 atom stereocenters. The molecule has 2 aliphatic rings. The first-order valence-electron chi connectivity index (χ1n) is 17.6. The van der Waals surface area contributed by atoms with Crippen molar-refractivity contribution in [3.05, 3.63) is 53.3 Å². The Bertz CT molecular complexity index is 1870. The number of ether oxygens (including phenoxy) is 2. The molecule has 5 rings (SSSR count). The number of carbonyl (C=O) groups is 2. The van der Waals surface area contributed by atoms with Gasteiger partial charge in [0.15, 0.2) is 5.82 Å². The molecule has 290 valence electrons. The van der Waals surface area contributed by atoms with Gasteiger partial charge in [0.05, 0.1) is 33.3 Å².